The molecule has 1 unspecified atom stereocenters. The highest BCUT2D eigenvalue weighted by Gasteiger charge is 2.44. The molecule has 0 radical (unpaired) electrons. The number of aromatic nitrogens is 1. The standard InChI is InChI=1S/C83H66N2O/c1-5-59-28-32-63(33-29-59)65-38-48-81-77(54-65)78-55-66(39-49-82(78)85(81)68-24-14-9-15-25-68)76-53-57(3)75(52-58(76)4)64-36-42-70(43-37-64)84(69-40-34-62(35-41-69)61-20-10-7-11-21-61)71-44-47-74-73-26-16-17-27-79(73)83(80(74)56-71,67-22-12-8-13-23-67)50-18-19-51-86-72-45-30-60(6-2)31-46-72/h5-17,20-49,52-56H,1-2,18-19,50-51H2,3-4H3. The van der Waals surface area contributed by atoms with Crippen LogP contribution in [-0.4, -0.2) is 11.2 Å². The Kier molecular flexibility index (Phi) is 14.3. The highest BCUT2D eigenvalue weighted by atomic mass is 16.5. The van der Waals surface area contributed by atoms with Gasteiger partial charge in [0, 0.05) is 38.9 Å². The van der Waals surface area contributed by atoms with E-state index in [4.69, 9.17) is 4.74 Å². The summed E-state index contributed by atoms with van der Waals surface area (Å²) in [6.07, 6.45) is 6.60. The van der Waals surface area contributed by atoms with Crippen LogP contribution in [0.25, 0.3) is 95.3 Å². The van der Waals surface area contributed by atoms with Crippen molar-refractivity contribution in [1.29, 1.82) is 0 Å². The Bertz CT molecular complexity index is 4620. The molecule has 14 rings (SSSR count). The first kappa shape index (κ1) is 53.5. The lowest BCUT2D eigenvalue weighted by molar-refractivity contribution is 0.301. The van der Waals surface area contributed by atoms with Crippen LogP contribution in [0.15, 0.2) is 292 Å². The number of para-hydroxylation sites is 1. The molecule has 13 aromatic rings. The highest BCUT2D eigenvalue weighted by Crippen LogP contribution is 2.56. The maximum atomic E-state index is 6.32. The Morgan fingerprint density at radius 2 is 0.884 bits per heavy atom. The molecule has 0 spiro atoms. The molecular weight excluding hydrogens is 1040 g/mol. The second-order valence-electron chi connectivity index (χ2n) is 22.9. The minimum atomic E-state index is -0.377. The molecule has 86 heavy (non-hydrogen) atoms. The number of ether oxygens (including phenoxy) is 1. The third-order valence-electron chi connectivity index (χ3n) is 17.8. The van der Waals surface area contributed by atoms with E-state index in [-0.39, 0.29) is 5.41 Å². The van der Waals surface area contributed by atoms with E-state index in [1.54, 1.807) is 0 Å². The van der Waals surface area contributed by atoms with Crippen molar-refractivity contribution < 1.29 is 4.74 Å². The van der Waals surface area contributed by atoms with Crippen LogP contribution in [0.1, 0.15) is 58.2 Å². The van der Waals surface area contributed by atoms with Gasteiger partial charge < -0.3 is 14.2 Å². The van der Waals surface area contributed by atoms with E-state index in [0.717, 1.165) is 58.9 Å². The maximum absolute atomic E-state index is 6.32. The van der Waals surface area contributed by atoms with Crippen molar-refractivity contribution in [3.8, 4) is 67.1 Å². The van der Waals surface area contributed by atoms with Gasteiger partial charge in [0.1, 0.15) is 5.75 Å². The van der Waals surface area contributed by atoms with Gasteiger partial charge in [-0.05, 0) is 213 Å². The number of anilines is 3. The Hall–Kier alpha value is -10.5. The largest absolute Gasteiger partial charge is 0.494 e. The predicted octanol–water partition coefficient (Wildman–Crippen LogP) is 22.4. The molecule has 1 aliphatic rings. The van der Waals surface area contributed by atoms with Crippen molar-refractivity contribution in [1.82, 2.24) is 4.57 Å². The zero-order valence-corrected chi connectivity index (χ0v) is 48.8. The fraction of sp³-hybridized carbons (Fsp3) is 0.0843. The van der Waals surface area contributed by atoms with Gasteiger partial charge in [-0.15, -0.1) is 0 Å². The minimum Gasteiger partial charge on any atom is -0.494 e. The van der Waals surface area contributed by atoms with E-state index in [2.05, 4.69) is 303 Å². The van der Waals surface area contributed by atoms with E-state index in [9.17, 15) is 0 Å². The smallest absolute Gasteiger partial charge is 0.119 e. The monoisotopic (exact) mass is 1110 g/mol. The van der Waals surface area contributed by atoms with Crippen LogP contribution in [0.4, 0.5) is 17.1 Å². The molecule has 0 bridgehead atoms. The van der Waals surface area contributed by atoms with Gasteiger partial charge in [0.25, 0.3) is 0 Å². The highest BCUT2D eigenvalue weighted by molar-refractivity contribution is 6.12. The summed E-state index contributed by atoms with van der Waals surface area (Å²) in [6, 6.07) is 103. The van der Waals surface area contributed by atoms with Crippen LogP contribution >= 0.6 is 0 Å². The summed E-state index contributed by atoms with van der Waals surface area (Å²) < 4.78 is 8.72. The quantitative estimate of drug-likeness (QED) is 0.0846. The van der Waals surface area contributed by atoms with Crippen molar-refractivity contribution in [2.75, 3.05) is 11.5 Å². The molecule has 0 fully saturated rings. The molecule has 3 heteroatoms. The number of fused-ring (bicyclic) bond motifs is 6. The third-order valence-corrected chi connectivity index (χ3v) is 17.8. The summed E-state index contributed by atoms with van der Waals surface area (Å²) in [5.74, 6) is 0.887. The topological polar surface area (TPSA) is 17.4 Å². The summed E-state index contributed by atoms with van der Waals surface area (Å²) in [5.41, 5.74) is 27.3. The first-order valence-corrected chi connectivity index (χ1v) is 30.0. The molecule has 414 valence electrons. The molecule has 1 atom stereocenters. The van der Waals surface area contributed by atoms with Crippen LogP contribution in [0.3, 0.4) is 0 Å². The zero-order chi connectivity index (χ0) is 58.1. The van der Waals surface area contributed by atoms with Crippen LogP contribution in [0, 0.1) is 13.8 Å². The van der Waals surface area contributed by atoms with E-state index >= 15 is 0 Å². The number of aryl methyl sites for hydroxylation is 2. The molecule has 1 aliphatic carbocycles. The fourth-order valence-electron chi connectivity index (χ4n) is 13.5. The summed E-state index contributed by atoms with van der Waals surface area (Å²) in [7, 11) is 0. The van der Waals surface area contributed by atoms with Gasteiger partial charge >= 0.3 is 0 Å². The van der Waals surface area contributed by atoms with Crippen molar-refractivity contribution in [2.45, 2.75) is 38.5 Å². The Morgan fingerprint density at radius 1 is 0.395 bits per heavy atom. The van der Waals surface area contributed by atoms with E-state index in [1.807, 2.05) is 24.3 Å². The van der Waals surface area contributed by atoms with Gasteiger partial charge in [-0.1, -0.05) is 219 Å². The van der Waals surface area contributed by atoms with Crippen LogP contribution in [-0.2, 0) is 5.41 Å². The molecule has 0 aliphatic heterocycles. The lowest BCUT2D eigenvalue weighted by atomic mass is 9.69. The molecule has 0 saturated heterocycles. The molecule has 3 nitrogen and oxygen atoms in total. The lowest BCUT2D eigenvalue weighted by Gasteiger charge is -2.34. The molecule has 1 heterocycles. The van der Waals surface area contributed by atoms with E-state index < -0.39 is 0 Å². The molecule has 0 saturated carbocycles. The predicted molar refractivity (Wildman–Crippen MR) is 364 cm³/mol. The van der Waals surface area contributed by atoms with Crippen LogP contribution < -0.4 is 9.64 Å². The maximum Gasteiger partial charge on any atom is 0.119 e. The number of nitrogens with zero attached hydrogens (tertiary/aromatic N) is 2. The van der Waals surface area contributed by atoms with Crippen molar-refractivity contribution in [3.63, 3.8) is 0 Å². The Labute approximate surface area is 505 Å². The van der Waals surface area contributed by atoms with Gasteiger partial charge in [0.2, 0.25) is 0 Å². The number of rotatable bonds is 17. The third kappa shape index (κ3) is 9.81. The van der Waals surface area contributed by atoms with Gasteiger partial charge in [-0.2, -0.15) is 0 Å². The summed E-state index contributed by atoms with van der Waals surface area (Å²) in [6.45, 7) is 13.1. The van der Waals surface area contributed by atoms with E-state index in [0.29, 0.717) is 6.61 Å². The molecular formula is C83H66N2O. The van der Waals surface area contributed by atoms with Gasteiger partial charge in [0.15, 0.2) is 0 Å². The average Bonchev–Trinajstić information content (AvgIpc) is 1.60. The van der Waals surface area contributed by atoms with Crippen LogP contribution in [0.5, 0.6) is 5.75 Å². The van der Waals surface area contributed by atoms with Crippen molar-refractivity contribution in [2.24, 2.45) is 0 Å². The lowest BCUT2D eigenvalue weighted by Crippen LogP contribution is -2.27. The van der Waals surface area contributed by atoms with E-state index in [1.165, 1.54) is 105 Å². The summed E-state index contributed by atoms with van der Waals surface area (Å²) >= 11 is 0. The molecule has 1 aromatic heterocycles. The minimum absolute atomic E-state index is 0.377. The Balaban J connectivity index is 0.825. The zero-order valence-electron chi connectivity index (χ0n) is 48.8. The summed E-state index contributed by atoms with van der Waals surface area (Å²) in [4.78, 5) is 2.44. The normalized spacial score (nSPS) is 13.3. The van der Waals surface area contributed by atoms with Crippen molar-refractivity contribution in [3.05, 3.63) is 331 Å². The molecule has 12 aromatic carbocycles. The number of unbranched alkanes of at least 4 members (excludes halogenated alkanes) is 1. The Morgan fingerprint density at radius 3 is 1.53 bits per heavy atom. The molecule has 0 amide bonds. The SMILES string of the molecule is C=Cc1ccc(OCCCCC2(c3ccccc3)c3ccccc3-c3ccc(N(c4ccc(-c5ccccc5)cc4)c4ccc(-c5cc(C)c(-c6ccc7c(c6)c6cc(-c8ccc(C=C)cc8)ccc6n7-c6ccccc6)cc5C)cc4)cc32)cc1. The first-order valence-electron chi connectivity index (χ1n) is 30.0. The van der Waals surface area contributed by atoms with Gasteiger partial charge in [-0.3, -0.25) is 0 Å². The summed E-state index contributed by atoms with van der Waals surface area (Å²) in [5, 5.41) is 2.46. The number of hydrogen-bond acceptors (Lipinski definition) is 2. The fourth-order valence-corrected chi connectivity index (χ4v) is 13.5. The number of benzene rings is 12. The number of hydrogen-bond donors (Lipinski definition) is 0. The van der Waals surface area contributed by atoms with Gasteiger partial charge in [-0.25, -0.2) is 0 Å². The first-order chi connectivity index (χ1) is 42.3. The molecule has 0 N–H and O–H groups in total. The second-order valence-corrected chi connectivity index (χ2v) is 22.9. The van der Waals surface area contributed by atoms with Gasteiger partial charge in [0.05, 0.1) is 17.6 Å². The second kappa shape index (κ2) is 22.9. The van der Waals surface area contributed by atoms with Crippen molar-refractivity contribution >= 4 is 51.0 Å². The van der Waals surface area contributed by atoms with Crippen LogP contribution in [0.2, 0.25) is 0 Å². The average molecular weight is 1110 g/mol.